The first-order valence-electron chi connectivity index (χ1n) is 7.78. The summed E-state index contributed by atoms with van der Waals surface area (Å²) in [6, 6.07) is 12.0. The van der Waals surface area contributed by atoms with E-state index in [1.54, 1.807) is 12.1 Å². The van der Waals surface area contributed by atoms with Gasteiger partial charge in [0.2, 0.25) is 0 Å². The number of amides is 3. The van der Waals surface area contributed by atoms with Gasteiger partial charge in [-0.2, -0.15) is 0 Å². The topological polar surface area (TPSA) is 79.5 Å². The van der Waals surface area contributed by atoms with Crippen LogP contribution in [0.1, 0.15) is 25.3 Å². The van der Waals surface area contributed by atoms with E-state index in [0.29, 0.717) is 17.4 Å². The van der Waals surface area contributed by atoms with Crippen molar-refractivity contribution >= 4 is 17.6 Å². The molecule has 0 fully saturated rings. The molecule has 6 nitrogen and oxygen atoms in total. The molecule has 25 heavy (non-hydrogen) atoms. The van der Waals surface area contributed by atoms with Crippen molar-refractivity contribution in [2.45, 2.75) is 19.8 Å². The smallest absolute Gasteiger partial charge is 0.337 e. The third-order valence-corrected chi connectivity index (χ3v) is 3.33. The lowest BCUT2D eigenvalue weighted by atomic mass is 10.0. The summed E-state index contributed by atoms with van der Waals surface area (Å²) >= 11 is 0. The van der Waals surface area contributed by atoms with Crippen molar-refractivity contribution in [1.82, 2.24) is 10.9 Å². The molecule has 2 aromatic rings. The second kappa shape index (κ2) is 8.68. The highest BCUT2D eigenvalue weighted by atomic mass is 19.1. The molecule has 132 valence electrons. The molecular formula is C18H20FN3O3. The van der Waals surface area contributed by atoms with E-state index in [9.17, 15) is 14.0 Å². The van der Waals surface area contributed by atoms with Gasteiger partial charge in [-0.25, -0.2) is 14.6 Å². The van der Waals surface area contributed by atoms with Gasteiger partial charge in [-0.1, -0.05) is 26.0 Å². The van der Waals surface area contributed by atoms with Crippen LogP contribution in [0.3, 0.4) is 0 Å². The van der Waals surface area contributed by atoms with Crippen LogP contribution in [-0.2, 0) is 4.79 Å². The number of hydrazine groups is 1. The standard InChI is InChI=1S/C18H20FN3O3/c1-12(2)13-3-9-16(10-4-13)25-11-17(23)21-22-18(24)20-15-7-5-14(19)6-8-15/h3-10,12H,11H2,1-2H3,(H,21,23)(H2,20,22,24). The first-order chi connectivity index (χ1) is 11.9. The van der Waals surface area contributed by atoms with Crippen molar-refractivity contribution in [2.24, 2.45) is 0 Å². The Morgan fingerprint density at radius 2 is 1.64 bits per heavy atom. The second-order valence-corrected chi connectivity index (χ2v) is 5.65. The fourth-order valence-corrected chi connectivity index (χ4v) is 1.96. The van der Waals surface area contributed by atoms with Gasteiger partial charge in [0, 0.05) is 5.69 Å². The van der Waals surface area contributed by atoms with E-state index in [4.69, 9.17) is 4.74 Å². The van der Waals surface area contributed by atoms with Crippen LogP contribution in [0.4, 0.5) is 14.9 Å². The van der Waals surface area contributed by atoms with E-state index >= 15 is 0 Å². The van der Waals surface area contributed by atoms with E-state index in [0.717, 1.165) is 0 Å². The van der Waals surface area contributed by atoms with Gasteiger partial charge in [-0.3, -0.25) is 10.2 Å². The van der Waals surface area contributed by atoms with Crippen molar-refractivity contribution in [3.63, 3.8) is 0 Å². The molecule has 0 heterocycles. The first kappa shape index (κ1) is 18.3. The van der Waals surface area contributed by atoms with Crippen molar-refractivity contribution in [2.75, 3.05) is 11.9 Å². The molecule has 0 unspecified atom stereocenters. The van der Waals surface area contributed by atoms with Crippen LogP contribution in [-0.4, -0.2) is 18.5 Å². The van der Waals surface area contributed by atoms with Gasteiger partial charge in [0.1, 0.15) is 11.6 Å². The number of benzene rings is 2. The highest BCUT2D eigenvalue weighted by Crippen LogP contribution is 2.18. The third kappa shape index (κ3) is 6.14. The lowest BCUT2D eigenvalue weighted by Crippen LogP contribution is -2.45. The first-order valence-corrected chi connectivity index (χ1v) is 7.78. The molecule has 0 atom stereocenters. The van der Waals surface area contributed by atoms with Crippen LogP contribution in [0.2, 0.25) is 0 Å². The molecule has 7 heteroatoms. The SMILES string of the molecule is CC(C)c1ccc(OCC(=O)NNC(=O)Nc2ccc(F)cc2)cc1. The Hall–Kier alpha value is -3.09. The minimum absolute atomic E-state index is 0.238. The summed E-state index contributed by atoms with van der Waals surface area (Å²) in [6.45, 7) is 3.94. The quantitative estimate of drug-likeness (QED) is 0.728. The minimum Gasteiger partial charge on any atom is -0.484 e. The number of anilines is 1. The van der Waals surface area contributed by atoms with Gasteiger partial charge in [0.25, 0.3) is 5.91 Å². The zero-order valence-electron chi connectivity index (χ0n) is 14.0. The zero-order valence-corrected chi connectivity index (χ0v) is 14.0. The van der Waals surface area contributed by atoms with Gasteiger partial charge >= 0.3 is 6.03 Å². The maximum absolute atomic E-state index is 12.8. The van der Waals surface area contributed by atoms with E-state index in [-0.39, 0.29) is 6.61 Å². The number of rotatable bonds is 5. The van der Waals surface area contributed by atoms with Crippen molar-refractivity contribution in [3.8, 4) is 5.75 Å². The molecule has 0 spiro atoms. The van der Waals surface area contributed by atoms with Crippen LogP contribution < -0.4 is 20.9 Å². The number of hydrogen-bond acceptors (Lipinski definition) is 3. The Kier molecular flexibility index (Phi) is 6.33. The highest BCUT2D eigenvalue weighted by molar-refractivity contribution is 5.91. The third-order valence-electron chi connectivity index (χ3n) is 3.33. The Labute approximate surface area is 145 Å². The van der Waals surface area contributed by atoms with Crippen LogP contribution in [0.5, 0.6) is 5.75 Å². The van der Waals surface area contributed by atoms with E-state index in [1.807, 2.05) is 12.1 Å². The van der Waals surface area contributed by atoms with Gasteiger partial charge in [0.15, 0.2) is 6.61 Å². The number of nitrogens with one attached hydrogen (secondary N) is 3. The minimum atomic E-state index is -0.652. The highest BCUT2D eigenvalue weighted by Gasteiger charge is 2.06. The predicted octanol–water partition coefficient (Wildman–Crippen LogP) is 3.18. The van der Waals surface area contributed by atoms with E-state index < -0.39 is 17.8 Å². The maximum Gasteiger partial charge on any atom is 0.337 e. The molecule has 3 amide bonds. The van der Waals surface area contributed by atoms with Gasteiger partial charge in [-0.15, -0.1) is 0 Å². The van der Waals surface area contributed by atoms with E-state index in [2.05, 4.69) is 30.0 Å². The lowest BCUT2D eigenvalue weighted by molar-refractivity contribution is -0.123. The maximum atomic E-state index is 12.8. The van der Waals surface area contributed by atoms with Crippen molar-refractivity contribution < 1.29 is 18.7 Å². The molecule has 0 radical (unpaired) electrons. The number of ether oxygens (including phenoxy) is 1. The van der Waals surface area contributed by atoms with Gasteiger partial charge in [0.05, 0.1) is 0 Å². The Balaban J connectivity index is 1.71. The molecule has 0 bridgehead atoms. The molecule has 2 aromatic carbocycles. The summed E-state index contributed by atoms with van der Waals surface area (Å²) in [5.41, 5.74) is 5.97. The van der Waals surface area contributed by atoms with E-state index in [1.165, 1.54) is 29.8 Å². The molecule has 0 aliphatic carbocycles. The molecule has 2 rings (SSSR count). The molecule has 0 aliphatic heterocycles. The molecule has 3 N–H and O–H groups in total. The van der Waals surface area contributed by atoms with Crippen LogP contribution in [0.15, 0.2) is 48.5 Å². The number of carbonyl (C=O) groups is 2. The molecule has 0 aromatic heterocycles. The Morgan fingerprint density at radius 1 is 1.00 bits per heavy atom. The normalized spacial score (nSPS) is 10.2. The molecule has 0 saturated carbocycles. The van der Waals surface area contributed by atoms with Crippen molar-refractivity contribution in [1.29, 1.82) is 0 Å². The summed E-state index contributed by atoms with van der Waals surface area (Å²) < 4.78 is 18.1. The fourth-order valence-electron chi connectivity index (χ4n) is 1.96. The summed E-state index contributed by atoms with van der Waals surface area (Å²) in [7, 11) is 0. The second-order valence-electron chi connectivity index (χ2n) is 5.65. The summed E-state index contributed by atoms with van der Waals surface area (Å²) in [4.78, 5) is 23.3. The van der Waals surface area contributed by atoms with Gasteiger partial charge < -0.3 is 10.1 Å². The average Bonchev–Trinajstić information content (AvgIpc) is 2.60. The van der Waals surface area contributed by atoms with Crippen LogP contribution >= 0.6 is 0 Å². The Bertz CT molecular complexity index is 715. The lowest BCUT2D eigenvalue weighted by Gasteiger charge is -2.11. The monoisotopic (exact) mass is 345 g/mol. The molecule has 0 saturated heterocycles. The largest absolute Gasteiger partial charge is 0.484 e. The summed E-state index contributed by atoms with van der Waals surface area (Å²) in [6.07, 6.45) is 0. The average molecular weight is 345 g/mol. The number of urea groups is 1. The zero-order chi connectivity index (χ0) is 18.2. The summed E-state index contributed by atoms with van der Waals surface area (Å²) in [5, 5.41) is 2.44. The number of carbonyl (C=O) groups excluding carboxylic acids is 2. The number of halogens is 1. The Morgan fingerprint density at radius 3 is 2.24 bits per heavy atom. The molecule has 0 aliphatic rings. The molecular weight excluding hydrogens is 325 g/mol. The number of hydrogen-bond donors (Lipinski definition) is 3. The van der Waals surface area contributed by atoms with Gasteiger partial charge in [-0.05, 0) is 47.9 Å². The van der Waals surface area contributed by atoms with Crippen molar-refractivity contribution in [3.05, 3.63) is 59.9 Å². The summed E-state index contributed by atoms with van der Waals surface area (Å²) in [5.74, 6) is 0.0662. The van der Waals surface area contributed by atoms with Crippen LogP contribution in [0.25, 0.3) is 0 Å². The fraction of sp³-hybridized carbons (Fsp3) is 0.222. The van der Waals surface area contributed by atoms with Crippen LogP contribution in [0, 0.1) is 5.82 Å². The predicted molar refractivity (Wildman–Crippen MR) is 92.7 cm³/mol.